The van der Waals surface area contributed by atoms with Gasteiger partial charge in [0.15, 0.2) is 5.41 Å². The van der Waals surface area contributed by atoms with E-state index < -0.39 is 5.41 Å². The summed E-state index contributed by atoms with van der Waals surface area (Å²) < 4.78 is 0. The zero-order valence-electron chi connectivity index (χ0n) is 12.9. The summed E-state index contributed by atoms with van der Waals surface area (Å²) in [4.78, 5) is 14.4. The largest absolute Gasteiger partial charge is 0.339 e. The fraction of sp³-hybridized carbons (Fsp3) is 0.200. The Hall–Kier alpha value is -3.04. The van der Waals surface area contributed by atoms with Crippen LogP contribution in [-0.2, 0) is 10.2 Å². The van der Waals surface area contributed by atoms with Gasteiger partial charge in [-0.2, -0.15) is 5.26 Å². The number of amides is 1. The molecule has 3 rings (SSSR count). The van der Waals surface area contributed by atoms with Crippen LogP contribution in [0.3, 0.4) is 0 Å². The first kappa shape index (κ1) is 14.9. The lowest BCUT2D eigenvalue weighted by molar-refractivity contribution is -0.147. The molecule has 2 aromatic rings. The van der Waals surface area contributed by atoms with Crippen molar-refractivity contribution in [1.82, 2.24) is 4.90 Å². The van der Waals surface area contributed by atoms with Crippen LogP contribution in [0.2, 0.25) is 0 Å². The van der Waals surface area contributed by atoms with Gasteiger partial charge in [-0.3, -0.25) is 4.79 Å². The highest BCUT2D eigenvalue weighted by atomic mass is 16.2. The van der Waals surface area contributed by atoms with Crippen LogP contribution in [0, 0.1) is 23.2 Å². The van der Waals surface area contributed by atoms with Crippen LogP contribution in [0.4, 0.5) is 0 Å². The quantitative estimate of drug-likeness (QED) is 0.632. The van der Waals surface area contributed by atoms with Gasteiger partial charge in [0.1, 0.15) is 0 Å². The van der Waals surface area contributed by atoms with Gasteiger partial charge in [-0.05, 0) is 36.8 Å². The minimum Gasteiger partial charge on any atom is -0.339 e. The number of carbonyl (C=O) groups is 1. The molecule has 0 N–H and O–H groups in total. The Labute approximate surface area is 136 Å². The molecule has 1 heterocycles. The molecule has 0 aliphatic carbocycles. The van der Waals surface area contributed by atoms with Crippen LogP contribution in [0.1, 0.15) is 23.6 Å². The van der Waals surface area contributed by atoms with Crippen LogP contribution in [-0.4, -0.2) is 23.9 Å². The molecule has 0 saturated carbocycles. The monoisotopic (exact) mass is 300 g/mol. The van der Waals surface area contributed by atoms with Crippen molar-refractivity contribution in [2.24, 2.45) is 0 Å². The third-order valence-electron chi connectivity index (χ3n) is 4.16. The van der Waals surface area contributed by atoms with Crippen molar-refractivity contribution in [3.63, 3.8) is 0 Å². The van der Waals surface area contributed by atoms with Crippen molar-refractivity contribution < 1.29 is 4.79 Å². The highest BCUT2D eigenvalue weighted by Gasteiger charge is 2.51. The molecule has 0 aromatic heterocycles. The molecule has 3 nitrogen and oxygen atoms in total. The highest BCUT2D eigenvalue weighted by Crippen LogP contribution is 2.35. The summed E-state index contributed by atoms with van der Waals surface area (Å²) in [6, 6.07) is 18.9. The van der Waals surface area contributed by atoms with Crippen molar-refractivity contribution in [2.75, 3.05) is 13.1 Å². The second-order valence-electron chi connectivity index (χ2n) is 5.53. The third-order valence-corrected chi connectivity index (χ3v) is 4.16. The first-order valence-electron chi connectivity index (χ1n) is 7.58. The van der Waals surface area contributed by atoms with Crippen molar-refractivity contribution in [3.8, 4) is 17.9 Å². The number of hydrogen-bond acceptors (Lipinski definition) is 2. The van der Waals surface area contributed by atoms with Gasteiger partial charge >= 0.3 is 0 Å². The normalized spacial score (nSPS) is 19.3. The molecule has 0 spiro atoms. The van der Waals surface area contributed by atoms with Crippen LogP contribution < -0.4 is 0 Å². The molecule has 2 aromatic carbocycles. The van der Waals surface area contributed by atoms with Crippen LogP contribution >= 0.6 is 0 Å². The number of nitrogens with zero attached hydrogens (tertiary/aromatic N) is 2. The molecular formula is C20H16N2O. The first-order chi connectivity index (χ1) is 11.2. The molecule has 1 aliphatic rings. The topological polar surface area (TPSA) is 44.1 Å². The van der Waals surface area contributed by atoms with E-state index in [9.17, 15) is 4.79 Å². The SMILES string of the molecule is CCN1C[C@@](C#Cc2ccc(C#N)cc2)(c2ccccc2)C1=O. The summed E-state index contributed by atoms with van der Waals surface area (Å²) >= 11 is 0. The lowest BCUT2D eigenvalue weighted by atomic mass is 9.73. The Balaban J connectivity index is 1.97. The van der Waals surface area contributed by atoms with Crippen LogP contribution in [0.5, 0.6) is 0 Å². The molecule has 1 atom stereocenters. The van der Waals surface area contributed by atoms with Gasteiger partial charge in [-0.25, -0.2) is 0 Å². The number of benzene rings is 2. The average Bonchev–Trinajstić information content (AvgIpc) is 2.62. The van der Waals surface area contributed by atoms with Crippen molar-refractivity contribution >= 4 is 5.91 Å². The van der Waals surface area contributed by atoms with E-state index in [-0.39, 0.29) is 5.91 Å². The average molecular weight is 300 g/mol. The van der Waals surface area contributed by atoms with E-state index in [1.54, 1.807) is 17.0 Å². The van der Waals surface area contributed by atoms with Crippen LogP contribution in [0.15, 0.2) is 54.6 Å². The van der Waals surface area contributed by atoms with Crippen molar-refractivity contribution in [1.29, 1.82) is 5.26 Å². The Kier molecular flexibility index (Phi) is 3.87. The number of likely N-dealkylation sites (N-methyl/N-ethyl adjacent to an activating group) is 1. The van der Waals surface area contributed by atoms with E-state index in [1.165, 1.54) is 0 Å². The molecule has 0 radical (unpaired) electrons. The minimum absolute atomic E-state index is 0.0624. The maximum atomic E-state index is 12.6. The first-order valence-corrected chi connectivity index (χ1v) is 7.58. The van der Waals surface area contributed by atoms with Gasteiger partial charge in [0.2, 0.25) is 5.91 Å². The van der Waals surface area contributed by atoms with E-state index in [4.69, 9.17) is 5.26 Å². The number of likely N-dealkylation sites (tertiary alicyclic amines) is 1. The van der Waals surface area contributed by atoms with E-state index in [2.05, 4.69) is 17.9 Å². The number of rotatable bonds is 2. The summed E-state index contributed by atoms with van der Waals surface area (Å²) in [6.07, 6.45) is 0. The molecule has 23 heavy (non-hydrogen) atoms. The predicted octanol–water partition coefficient (Wildman–Crippen LogP) is 2.71. The number of carbonyl (C=O) groups excluding carboxylic acids is 1. The Morgan fingerprint density at radius 1 is 1.09 bits per heavy atom. The third kappa shape index (κ3) is 2.58. The van der Waals surface area contributed by atoms with Gasteiger partial charge in [0.25, 0.3) is 0 Å². The fourth-order valence-corrected chi connectivity index (χ4v) is 2.77. The van der Waals surface area contributed by atoms with Gasteiger partial charge in [0, 0.05) is 12.1 Å². The van der Waals surface area contributed by atoms with E-state index in [0.717, 1.165) is 11.1 Å². The Bertz CT molecular complexity index is 822. The van der Waals surface area contributed by atoms with E-state index in [1.807, 2.05) is 49.4 Å². The van der Waals surface area contributed by atoms with E-state index in [0.29, 0.717) is 18.7 Å². The Morgan fingerprint density at radius 3 is 2.30 bits per heavy atom. The number of β-lactam (4-membered cyclic amide) rings is 1. The summed E-state index contributed by atoms with van der Waals surface area (Å²) in [5.74, 6) is 6.36. The predicted molar refractivity (Wildman–Crippen MR) is 88.4 cm³/mol. The summed E-state index contributed by atoms with van der Waals surface area (Å²) in [5.41, 5.74) is 1.61. The molecule has 1 amide bonds. The molecule has 112 valence electrons. The minimum atomic E-state index is -0.745. The zero-order valence-corrected chi connectivity index (χ0v) is 12.9. The smallest absolute Gasteiger partial charge is 0.247 e. The lowest BCUT2D eigenvalue weighted by Gasteiger charge is -2.45. The fourth-order valence-electron chi connectivity index (χ4n) is 2.77. The highest BCUT2D eigenvalue weighted by molar-refractivity contribution is 5.98. The molecule has 1 aliphatic heterocycles. The molecule has 0 unspecified atom stereocenters. The molecular weight excluding hydrogens is 284 g/mol. The molecule has 3 heteroatoms. The lowest BCUT2D eigenvalue weighted by Crippen LogP contribution is -2.63. The zero-order chi connectivity index (χ0) is 16.3. The molecule has 0 bridgehead atoms. The summed E-state index contributed by atoms with van der Waals surface area (Å²) in [5, 5.41) is 8.84. The second kappa shape index (κ2) is 5.99. The van der Waals surface area contributed by atoms with Crippen molar-refractivity contribution in [2.45, 2.75) is 12.3 Å². The van der Waals surface area contributed by atoms with E-state index >= 15 is 0 Å². The van der Waals surface area contributed by atoms with Crippen LogP contribution in [0.25, 0.3) is 0 Å². The maximum absolute atomic E-state index is 12.6. The number of hydrogen-bond donors (Lipinski definition) is 0. The number of nitriles is 1. The van der Waals surface area contributed by atoms with Gasteiger partial charge in [-0.1, -0.05) is 42.2 Å². The van der Waals surface area contributed by atoms with Gasteiger partial charge < -0.3 is 4.90 Å². The second-order valence-corrected chi connectivity index (χ2v) is 5.53. The Morgan fingerprint density at radius 2 is 1.74 bits per heavy atom. The molecule has 1 fully saturated rings. The standard InChI is InChI=1S/C20H16N2O/c1-2-22-15-20(19(22)23,18-6-4-3-5-7-18)13-12-16-8-10-17(14-21)11-9-16/h3-11H,2,15H2,1H3/t20-/m0/s1. The van der Waals surface area contributed by atoms with Gasteiger partial charge in [-0.15, -0.1) is 0 Å². The summed E-state index contributed by atoms with van der Waals surface area (Å²) in [6.45, 7) is 3.29. The maximum Gasteiger partial charge on any atom is 0.247 e. The van der Waals surface area contributed by atoms with Gasteiger partial charge in [0.05, 0.1) is 18.2 Å². The summed E-state index contributed by atoms with van der Waals surface area (Å²) in [7, 11) is 0. The van der Waals surface area contributed by atoms with Crippen molar-refractivity contribution in [3.05, 3.63) is 71.3 Å². The molecule has 1 saturated heterocycles.